The van der Waals surface area contributed by atoms with Gasteiger partial charge in [0.2, 0.25) is 0 Å². The fourth-order valence-corrected chi connectivity index (χ4v) is 2.66. The van der Waals surface area contributed by atoms with Crippen molar-refractivity contribution in [1.82, 2.24) is 9.78 Å². The van der Waals surface area contributed by atoms with E-state index < -0.39 is 17.7 Å². The number of nitrogens with two attached hydrogens (primary N) is 1. The highest BCUT2D eigenvalue weighted by Gasteiger charge is 2.21. The Morgan fingerprint density at radius 1 is 1.35 bits per heavy atom. The summed E-state index contributed by atoms with van der Waals surface area (Å²) < 4.78 is 29.8. The number of benzene rings is 1. The van der Waals surface area contributed by atoms with Crippen LogP contribution in [0.15, 0.2) is 16.6 Å². The van der Waals surface area contributed by atoms with Gasteiger partial charge in [-0.05, 0) is 53.9 Å². The van der Waals surface area contributed by atoms with Crippen LogP contribution in [0.3, 0.4) is 0 Å². The number of halogens is 3. The van der Waals surface area contributed by atoms with Crippen LogP contribution >= 0.6 is 15.9 Å². The number of aryl methyl sites for hydroxylation is 2. The summed E-state index contributed by atoms with van der Waals surface area (Å²) in [7, 11) is 1.83. The second-order valence-electron chi connectivity index (χ2n) is 4.84. The summed E-state index contributed by atoms with van der Waals surface area (Å²) >= 11 is 3.05. The molecule has 1 atom stereocenters. The molecule has 0 amide bonds. The molecule has 2 aromatic rings. The Bertz CT molecular complexity index is 652. The van der Waals surface area contributed by atoms with Gasteiger partial charge in [0.05, 0.1) is 10.2 Å². The fourth-order valence-electron chi connectivity index (χ4n) is 2.32. The fraction of sp³-hybridized carbons (Fsp3) is 0.357. The van der Waals surface area contributed by atoms with Crippen LogP contribution in [0.1, 0.15) is 28.6 Å². The minimum atomic E-state index is -0.755. The van der Waals surface area contributed by atoms with E-state index in [1.807, 2.05) is 20.9 Å². The molecule has 0 radical (unpaired) electrons. The van der Waals surface area contributed by atoms with E-state index >= 15 is 0 Å². The zero-order valence-corrected chi connectivity index (χ0v) is 13.1. The minimum Gasteiger partial charge on any atom is -0.323 e. The molecule has 3 nitrogen and oxygen atoms in total. The van der Waals surface area contributed by atoms with E-state index in [1.165, 1.54) is 12.1 Å². The van der Waals surface area contributed by atoms with Crippen molar-refractivity contribution in [2.45, 2.75) is 26.3 Å². The van der Waals surface area contributed by atoms with Gasteiger partial charge in [0, 0.05) is 24.3 Å². The highest BCUT2D eigenvalue weighted by molar-refractivity contribution is 9.10. The van der Waals surface area contributed by atoms with Crippen molar-refractivity contribution in [3.8, 4) is 0 Å². The van der Waals surface area contributed by atoms with Crippen LogP contribution in [0.5, 0.6) is 0 Å². The highest BCUT2D eigenvalue weighted by atomic mass is 79.9. The van der Waals surface area contributed by atoms with E-state index in [-0.39, 0.29) is 10.0 Å². The molecule has 0 aliphatic heterocycles. The smallest absolute Gasteiger partial charge is 0.145 e. The molecule has 1 heterocycles. The average molecular weight is 344 g/mol. The van der Waals surface area contributed by atoms with Crippen molar-refractivity contribution in [3.05, 3.63) is 50.8 Å². The SMILES string of the molecule is Cc1nn(C)c(C)c1CC(N)c1c(F)ccc(Br)c1F. The van der Waals surface area contributed by atoms with Crippen molar-refractivity contribution in [2.24, 2.45) is 12.8 Å². The zero-order chi connectivity index (χ0) is 15.0. The Balaban J connectivity index is 2.38. The molecule has 0 spiro atoms. The number of nitrogens with zero attached hydrogens (tertiary/aromatic N) is 2. The quantitative estimate of drug-likeness (QED) is 0.868. The predicted molar refractivity (Wildman–Crippen MR) is 77.4 cm³/mol. The van der Waals surface area contributed by atoms with Crippen molar-refractivity contribution >= 4 is 15.9 Å². The van der Waals surface area contributed by atoms with E-state index in [4.69, 9.17) is 5.73 Å². The first kappa shape index (κ1) is 15.1. The Labute approximate surface area is 124 Å². The summed E-state index contributed by atoms with van der Waals surface area (Å²) in [5.74, 6) is -1.27. The van der Waals surface area contributed by atoms with Gasteiger partial charge in [-0.3, -0.25) is 4.68 Å². The maximum absolute atomic E-state index is 14.0. The highest BCUT2D eigenvalue weighted by Crippen LogP contribution is 2.28. The van der Waals surface area contributed by atoms with Gasteiger partial charge in [-0.2, -0.15) is 5.10 Å². The molecule has 1 aromatic carbocycles. The molecule has 108 valence electrons. The summed E-state index contributed by atoms with van der Waals surface area (Å²) in [6.07, 6.45) is 0.343. The number of rotatable bonds is 3. The van der Waals surface area contributed by atoms with Crippen molar-refractivity contribution in [3.63, 3.8) is 0 Å². The topological polar surface area (TPSA) is 43.8 Å². The van der Waals surface area contributed by atoms with E-state index in [0.29, 0.717) is 6.42 Å². The van der Waals surface area contributed by atoms with E-state index in [9.17, 15) is 8.78 Å². The van der Waals surface area contributed by atoms with E-state index in [0.717, 1.165) is 17.0 Å². The Morgan fingerprint density at radius 3 is 2.55 bits per heavy atom. The lowest BCUT2D eigenvalue weighted by atomic mass is 9.97. The third-order valence-corrected chi connectivity index (χ3v) is 4.15. The first-order valence-corrected chi connectivity index (χ1v) is 7.00. The van der Waals surface area contributed by atoms with Crippen LogP contribution in [-0.4, -0.2) is 9.78 Å². The lowest BCUT2D eigenvalue weighted by molar-refractivity contribution is 0.520. The van der Waals surface area contributed by atoms with Crippen LogP contribution in [0.2, 0.25) is 0 Å². The third-order valence-electron chi connectivity index (χ3n) is 3.53. The molecule has 0 fully saturated rings. The summed E-state index contributed by atoms with van der Waals surface area (Å²) in [4.78, 5) is 0. The molecule has 2 N–H and O–H groups in total. The summed E-state index contributed by atoms with van der Waals surface area (Å²) in [5.41, 5.74) is 8.62. The van der Waals surface area contributed by atoms with Crippen molar-refractivity contribution in [2.75, 3.05) is 0 Å². The molecule has 0 saturated carbocycles. The molecule has 0 aliphatic carbocycles. The van der Waals surface area contributed by atoms with Crippen LogP contribution in [0.25, 0.3) is 0 Å². The molecule has 2 rings (SSSR count). The molecule has 0 aliphatic rings. The maximum Gasteiger partial charge on any atom is 0.145 e. The van der Waals surface area contributed by atoms with E-state index in [2.05, 4.69) is 21.0 Å². The lowest BCUT2D eigenvalue weighted by Gasteiger charge is -2.15. The number of aromatic nitrogens is 2. The Kier molecular flexibility index (Phi) is 4.25. The number of hydrogen-bond acceptors (Lipinski definition) is 2. The molecular formula is C14H16BrF2N3. The third kappa shape index (κ3) is 2.62. The standard InChI is InChI=1S/C14H16BrF2N3/c1-7-9(8(2)20(3)19-7)6-12(18)13-11(16)5-4-10(15)14(13)17/h4-5,12H,6,18H2,1-3H3. The van der Waals surface area contributed by atoms with Crippen LogP contribution in [0.4, 0.5) is 8.78 Å². The van der Waals surface area contributed by atoms with Crippen LogP contribution in [-0.2, 0) is 13.5 Å². The molecule has 0 saturated heterocycles. The van der Waals surface area contributed by atoms with Gasteiger partial charge >= 0.3 is 0 Å². The molecule has 1 unspecified atom stereocenters. The van der Waals surface area contributed by atoms with Gasteiger partial charge < -0.3 is 5.73 Å². The van der Waals surface area contributed by atoms with Crippen molar-refractivity contribution < 1.29 is 8.78 Å². The molecule has 1 aromatic heterocycles. The molecule has 20 heavy (non-hydrogen) atoms. The van der Waals surface area contributed by atoms with Gasteiger partial charge in [-0.15, -0.1) is 0 Å². The van der Waals surface area contributed by atoms with Gasteiger partial charge in [-0.1, -0.05) is 0 Å². The molecule has 0 bridgehead atoms. The van der Waals surface area contributed by atoms with Crippen molar-refractivity contribution in [1.29, 1.82) is 0 Å². The first-order chi connectivity index (χ1) is 9.32. The molecular weight excluding hydrogens is 328 g/mol. The monoisotopic (exact) mass is 343 g/mol. The maximum atomic E-state index is 14.0. The number of hydrogen-bond donors (Lipinski definition) is 1. The van der Waals surface area contributed by atoms with Gasteiger partial charge in [0.15, 0.2) is 0 Å². The molecule has 6 heteroatoms. The second-order valence-corrected chi connectivity index (χ2v) is 5.69. The summed E-state index contributed by atoms with van der Waals surface area (Å²) in [6, 6.07) is 1.79. The van der Waals surface area contributed by atoms with E-state index in [1.54, 1.807) is 4.68 Å². The lowest BCUT2D eigenvalue weighted by Crippen LogP contribution is -2.18. The summed E-state index contributed by atoms with van der Waals surface area (Å²) in [6.45, 7) is 3.78. The van der Waals surface area contributed by atoms with Gasteiger partial charge in [0.25, 0.3) is 0 Å². The summed E-state index contributed by atoms with van der Waals surface area (Å²) in [5, 5.41) is 4.28. The normalized spacial score (nSPS) is 12.8. The van der Waals surface area contributed by atoms with Crippen LogP contribution < -0.4 is 5.73 Å². The van der Waals surface area contributed by atoms with Gasteiger partial charge in [0.1, 0.15) is 11.6 Å². The minimum absolute atomic E-state index is 0.0953. The average Bonchev–Trinajstić information content (AvgIpc) is 2.61. The Morgan fingerprint density at radius 2 is 2.00 bits per heavy atom. The Hall–Kier alpha value is -1.27. The van der Waals surface area contributed by atoms with Crippen LogP contribution in [0, 0.1) is 25.5 Å². The largest absolute Gasteiger partial charge is 0.323 e. The van der Waals surface area contributed by atoms with Gasteiger partial charge in [-0.25, -0.2) is 8.78 Å². The second kappa shape index (κ2) is 5.61. The zero-order valence-electron chi connectivity index (χ0n) is 11.5. The predicted octanol–water partition coefficient (Wildman–Crippen LogP) is 3.32. The first-order valence-electron chi connectivity index (χ1n) is 6.21.